The highest BCUT2D eigenvalue weighted by Crippen LogP contribution is 2.60. The van der Waals surface area contributed by atoms with Gasteiger partial charge in [-0.05, 0) is 92.7 Å². The summed E-state index contributed by atoms with van der Waals surface area (Å²) >= 11 is 0. The number of nitrogens with zero attached hydrogens (tertiary/aromatic N) is 1. The van der Waals surface area contributed by atoms with Crippen molar-refractivity contribution in [1.29, 1.82) is 0 Å². The number of benzene rings is 7. The van der Waals surface area contributed by atoms with Crippen molar-refractivity contribution in [3.8, 4) is 55.9 Å². The maximum Gasteiger partial charge on any atom is 0.0715 e. The van der Waals surface area contributed by atoms with Gasteiger partial charge >= 0.3 is 0 Å². The average molecular weight is 730 g/mol. The number of fused-ring (bicyclic) bond motifs is 3. The molecule has 0 aliphatic heterocycles. The summed E-state index contributed by atoms with van der Waals surface area (Å²) in [4.78, 5) is 5.20. The number of aryl methyl sites for hydroxylation is 1. The van der Waals surface area contributed by atoms with Crippen LogP contribution < -0.4 is 0 Å². The van der Waals surface area contributed by atoms with Crippen molar-refractivity contribution in [1.82, 2.24) is 4.98 Å². The van der Waals surface area contributed by atoms with Crippen molar-refractivity contribution >= 4 is 0 Å². The number of rotatable bonds is 7. The van der Waals surface area contributed by atoms with Crippen LogP contribution in [0.4, 0.5) is 0 Å². The highest BCUT2D eigenvalue weighted by Gasteiger charge is 2.53. The molecule has 0 fully saturated rings. The van der Waals surface area contributed by atoms with Gasteiger partial charge in [-0.25, -0.2) is 4.98 Å². The van der Waals surface area contributed by atoms with Gasteiger partial charge in [0, 0.05) is 23.0 Å². The summed E-state index contributed by atoms with van der Waals surface area (Å²) in [7, 11) is 0. The third-order valence-electron chi connectivity index (χ3n) is 12.4. The fourth-order valence-corrected chi connectivity index (χ4v) is 9.74. The Morgan fingerprint density at radius 2 is 0.912 bits per heavy atom. The Balaban J connectivity index is 1.07. The molecule has 272 valence electrons. The summed E-state index contributed by atoms with van der Waals surface area (Å²) in [5, 5.41) is 0. The van der Waals surface area contributed by atoms with Crippen molar-refractivity contribution in [3.63, 3.8) is 0 Å². The van der Waals surface area contributed by atoms with Gasteiger partial charge in [0.05, 0.1) is 16.8 Å². The Hall–Kier alpha value is -6.83. The van der Waals surface area contributed by atoms with Gasteiger partial charge < -0.3 is 0 Å². The van der Waals surface area contributed by atoms with Crippen LogP contribution in [-0.4, -0.2) is 4.98 Å². The van der Waals surface area contributed by atoms with Crippen molar-refractivity contribution in [3.05, 3.63) is 246 Å². The molecular weight excluding hydrogens is 687 g/mol. The van der Waals surface area contributed by atoms with Gasteiger partial charge in [-0.15, -0.1) is 0 Å². The minimum atomic E-state index is -0.325. The van der Waals surface area contributed by atoms with Gasteiger partial charge in [0.2, 0.25) is 0 Å². The maximum atomic E-state index is 5.20. The lowest BCUT2D eigenvalue weighted by Crippen LogP contribution is -2.36. The number of hydrogen-bond donors (Lipinski definition) is 0. The van der Waals surface area contributed by atoms with Gasteiger partial charge in [-0.2, -0.15) is 0 Å². The number of hydrogen-bond acceptors (Lipinski definition) is 1. The lowest BCUT2D eigenvalue weighted by Gasteiger charge is -2.41. The Labute approximate surface area is 336 Å². The van der Waals surface area contributed by atoms with E-state index in [1.165, 1.54) is 55.6 Å². The minimum Gasteiger partial charge on any atom is -0.248 e. The largest absolute Gasteiger partial charge is 0.248 e. The smallest absolute Gasteiger partial charge is 0.0715 e. The van der Waals surface area contributed by atoms with E-state index < -0.39 is 0 Å². The summed E-state index contributed by atoms with van der Waals surface area (Å²) in [6.07, 6.45) is 9.36. The van der Waals surface area contributed by atoms with Crippen LogP contribution in [0, 0.1) is 19.8 Å². The fourth-order valence-electron chi connectivity index (χ4n) is 9.74. The van der Waals surface area contributed by atoms with E-state index in [-0.39, 0.29) is 11.3 Å². The van der Waals surface area contributed by atoms with Crippen molar-refractivity contribution in [2.24, 2.45) is 5.92 Å². The van der Waals surface area contributed by atoms with Crippen LogP contribution in [0.5, 0.6) is 0 Å². The summed E-state index contributed by atoms with van der Waals surface area (Å²) in [5.74, 6) is 0.590. The van der Waals surface area contributed by atoms with Gasteiger partial charge in [0.15, 0.2) is 0 Å². The molecule has 1 heteroatoms. The van der Waals surface area contributed by atoms with Crippen LogP contribution in [0.25, 0.3) is 55.9 Å². The van der Waals surface area contributed by atoms with Gasteiger partial charge in [-0.3, -0.25) is 0 Å². The zero-order valence-electron chi connectivity index (χ0n) is 32.3. The molecule has 0 spiro atoms. The first kappa shape index (κ1) is 34.6. The Morgan fingerprint density at radius 3 is 1.61 bits per heavy atom. The molecule has 57 heavy (non-hydrogen) atoms. The molecule has 2 aliphatic carbocycles. The first-order valence-electron chi connectivity index (χ1n) is 20.0. The van der Waals surface area contributed by atoms with Crippen LogP contribution >= 0.6 is 0 Å². The monoisotopic (exact) mass is 729 g/mol. The van der Waals surface area contributed by atoms with E-state index >= 15 is 0 Å². The standard InChI is InChI=1S/C56H43N/c1-38-16-9-12-24-50(38)56(52-25-13-10-21-48(52)49-22-11-14-26-53(49)56)51-27-15-23-47(39(51)2)43-32-28-42(29-33-43)46-36-54(44-19-7-4-8-20-44)57-55(37-46)45-34-30-41(31-35-45)40-17-5-3-6-18-40/h3-37,48,52H,1-2H3. The fraction of sp³-hybridized carbons (Fsp3) is 0.0893. The van der Waals surface area contributed by atoms with Crippen LogP contribution in [0.1, 0.15) is 39.3 Å². The second-order valence-corrected chi connectivity index (χ2v) is 15.5. The van der Waals surface area contributed by atoms with Crippen LogP contribution in [0.2, 0.25) is 0 Å². The lowest BCUT2D eigenvalue weighted by molar-refractivity contribution is 0.453. The first-order chi connectivity index (χ1) is 28.1. The van der Waals surface area contributed by atoms with Crippen molar-refractivity contribution < 1.29 is 0 Å². The summed E-state index contributed by atoms with van der Waals surface area (Å²) in [6.45, 7) is 4.61. The molecule has 3 atom stereocenters. The van der Waals surface area contributed by atoms with E-state index in [4.69, 9.17) is 4.98 Å². The molecule has 8 aromatic rings. The molecule has 1 heterocycles. The highest BCUT2D eigenvalue weighted by molar-refractivity contribution is 5.80. The van der Waals surface area contributed by atoms with E-state index in [0.29, 0.717) is 5.92 Å². The van der Waals surface area contributed by atoms with Crippen LogP contribution in [0.15, 0.2) is 212 Å². The molecule has 0 bridgehead atoms. The number of allylic oxidation sites excluding steroid dienone is 4. The molecule has 10 rings (SSSR count). The third-order valence-corrected chi connectivity index (χ3v) is 12.4. The molecule has 0 saturated carbocycles. The molecule has 1 aromatic heterocycles. The molecule has 0 radical (unpaired) electrons. The SMILES string of the molecule is Cc1ccccc1C1(c2cccc(-c3ccc(-c4cc(-c5ccccc5)nc(-c5ccc(-c6ccccc6)cc5)c4)cc3)c2C)c2ccccc2C2C=CC=CC21. The van der Waals surface area contributed by atoms with E-state index in [2.05, 4.69) is 226 Å². The average Bonchev–Trinajstić information content (AvgIpc) is 3.58. The predicted octanol–water partition coefficient (Wildman–Crippen LogP) is 14.2. The predicted molar refractivity (Wildman–Crippen MR) is 238 cm³/mol. The quantitative estimate of drug-likeness (QED) is 0.159. The summed E-state index contributed by atoms with van der Waals surface area (Å²) < 4.78 is 0. The number of aromatic nitrogens is 1. The summed E-state index contributed by atoms with van der Waals surface area (Å²) in [5.41, 5.74) is 19.3. The second kappa shape index (κ2) is 14.3. The first-order valence-corrected chi connectivity index (χ1v) is 20.0. The molecule has 0 saturated heterocycles. The van der Waals surface area contributed by atoms with E-state index in [9.17, 15) is 0 Å². The Kier molecular flexibility index (Phi) is 8.72. The zero-order valence-corrected chi connectivity index (χ0v) is 32.3. The van der Waals surface area contributed by atoms with E-state index in [0.717, 1.165) is 33.6 Å². The van der Waals surface area contributed by atoms with Gasteiger partial charge in [0.1, 0.15) is 0 Å². The minimum absolute atomic E-state index is 0.270. The highest BCUT2D eigenvalue weighted by atomic mass is 14.7. The van der Waals surface area contributed by atoms with Crippen LogP contribution in [0.3, 0.4) is 0 Å². The van der Waals surface area contributed by atoms with Crippen molar-refractivity contribution in [2.45, 2.75) is 25.2 Å². The molecular formula is C56H43N. The van der Waals surface area contributed by atoms with Gasteiger partial charge in [0.25, 0.3) is 0 Å². The maximum absolute atomic E-state index is 5.20. The third kappa shape index (κ3) is 5.90. The molecule has 1 nitrogen and oxygen atoms in total. The molecule has 0 N–H and O–H groups in total. The van der Waals surface area contributed by atoms with Crippen molar-refractivity contribution in [2.75, 3.05) is 0 Å². The molecule has 7 aromatic carbocycles. The zero-order chi connectivity index (χ0) is 38.3. The van der Waals surface area contributed by atoms with Gasteiger partial charge in [-0.1, -0.05) is 200 Å². The van der Waals surface area contributed by atoms with E-state index in [1.807, 2.05) is 0 Å². The van der Waals surface area contributed by atoms with Crippen LogP contribution in [-0.2, 0) is 5.41 Å². The normalized spacial score (nSPS) is 17.9. The molecule has 3 unspecified atom stereocenters. The lowest BCUT2D eigenvalue weighted by atomic mass is 9.61. The van der Waals surface area contributed by atoms with E-state index in [1.54, 1.807) is 0 Å². The molecule has 0 amide bonds. The Morgan fingerprint density at radius 1 is 0.404 bits per heavy atom. The second-order valence-electron chi connectivity index (χ2n) is 15.5. The summed E-state index contributed by atoms with van der Waals surface area (Å²) in [6, 6.07) is 68.6. The topological polar surface area (TPSA) is 12.9 Å². The number of pyridine rings is 1. The molecule has 2 aliphatic rings. The Bertz CT molecular complexity index is 2790.